The molecule has 0 heterocycles. The standard InChI is InChI=1S/C6H13NOS/c1-4(2)5(7)3-6(8)9/h4-5H,3,7H2,1-2H3,(H,8,9). The topological polar surface area (TPSA) is 43.1 Å². The van der Waals surface area contributed by atoms with Crippen LogP contribution in [0.1, 0.15) is 20.3 Å². The molecule has 1 atom stereocenters. The summed E-state index contributed by atoms with van der Waals surface area (Å²) >= 11 is 3.61. The molecule has 0 aliphatic carbocycles. The summed E-state index contributed by atoms with van der Waals surface area (Å²) in [6.45, 7) is 3.97. The molecule has 54 valence electrons. The van der Waals surface area contributed by atoms with Gasteiger partial charge in [-0.05, 0) is 5.92 Å². The highest BCUT2D eigenvalue weighted by molar-refractivity contribution is 7.96. The molecule has 0 aromatic rings. The van der Waals surface area contributed by atoms with Crippen molar-refractivity contribution >= 4 is 17.7 Å². The highest BCUT2D eigenvalue weighted by atomic mass is 32.1. The first-order valence-corrected chi connectivity index (χ1v) is 3.46. The maximum atomic E-state index is 10.3. The number of carbonyl (C=O) groups excluding carboxylic acids is 1. The zero-order chi connectivity index (χ0) is 7.44. The van der Waals surface area contributed by atoms with Crippen LogP contribution in [0.2, 0.25) is 0 Å². The zero-order valence-electron chi connectivity index (χ0n) is 5.79. The molecular formula is C6H13NOS. The first-order valence-electron chi connectivity index (χ1n) is 3.01. The van der Waals surface area contributed by atoms with Crippen LogP contribution in [0.4, 0.5) is 0 Å². The number of hydrogen-bond acceptors (Lipinski definition) is 2. The van der Waals surface area contributed by atoms with E-state index in [4.69, 9.17) is 5.73 Å². The van der Waals surface area contributed by atoms with Crippen molar-refractivity contribution in [1.29, 1.82) is 0 Å². The van der Waals surface area contributed by atoms with Crippen LogP contribution >= 0.6 is 12.6 Å². The van der Waals surface area contributed by atoms with Crippen LogP contribution in [-0.4, -0.2) is 11.2 Å². The molecule has 0 saturated heterocycles. The lowest BCUT2D eigenvalue weighted by Crippen LogP contribution is -2.27. The highest BCUT2D eigenvalue weighted by Gasteiger charge is 2.09. The molecule has 2 nitrogen and oxygen atoms in total. The fourth-order valence-electron chi connectivity index (χ4n) is 0.437. The molecule has 0 aliphatic rings. The van der Waals surface area contributed by atoms with Crippen LogP contribution in [0, 0.1) is 5.92 Å². The summed E-state index contributed by atoms with van der Waals surface area (Å²) in [5, 5.41) is -0.129. The quantitative estimate of drug-likeness (QED) is 0.580. The Kier molecular flexibility index (Phi) is 3.89. The Labute approximate surface area is 61.2 Å². The van der Waals surface area contributed by atoms with E-state index in [1.165, 1.54) is 0 Å². The van der Waals surface area contributed by atoms with Gasteiger partial charge in [0.25, 0.3) is 0 Å². The van der Waals surface area contributed by atoms with Crippen LogP contribution in [0.15, 0.2) is 0 Å². The van der Waals surface area contributed by atoms with Crippen molar-refractivity contribution in [3.8, 4) is 0 Å². The van der Waals surface area contributed by atoms with Crippen molar-refractivity contribution < 1.29 is 4.79 Å². The smallest absolute Gasteiger partial charge is 0.187 e. The first-order chi connectivity index (χ1) is 4.04. The number of thiol groups is 1. The molecule has 0 radical (unpaired) electrons. The van der Waals surface area contributed by atoms with Crippen molar-refractivity contribution in [2.75, 3.05) is 0 Å². The average Bonchev–Trinajstić information content (AvgIpc) is 1.63. The van der Waals surface area contributed by atoms with E-state index in [-0.39, 0.29) is 11.2 Å². The fourth-order valence-corrected chi connectivity index (χ4v) is 0.648. The number of carbonyl (C=O) groups is 1. The molecule has 0 bridgehead atoms. The maximum absolute atomic E-state index is 10.3. The molecule has 0 aliphatic heterocycles. The van der Waals surface area contributed by atoms with Gasteiger partial charge >= 0.3 is 0 Å². The molecule has 9 heavy (non-hydrogen) atoms. The third-order valence-corrected chi connectivity index (χ3v) is 1.45. The molecule has 2 N–H and O–H groups in total. The largest absolute Gasteiger partial charge is 0.327 e. The Morgan fingerprint density at radius 2 is 2.11 bits per heavy atom. The van der Waals surface area contributed by atoms with E-state index in [0.717, 1.165) is 0 Å². The van der Waals surface area contributed by atoms with Crippen LogP contribution < -0.4 is 5.73 Å². The average molecular weight is 147 g/mol. The summed E-state index contributed by atoms with van der Waals surface area (Å²) in [6, 6.07) is -0.0324. The van der Waals surface area contributed by atoms with Gasteiger partial charge in [-0.15, -0.1) is 12.6 Å². The van der Waals surface area contributed by atoms with Gasteiger partial charge in [0.05, 0.1) is 0 Å². The second-order valence-electron chi connectivity index (χ2n) is 2.51. The molecule has 1 unspecified atom stereocenters. The van der Waals surface area contributed by atoms with E-state index in [1.807, 2.05) is 13.8 Å². The number of rotatable bonds is 3. The molecule has 0 amide bonds. The minimum absolute atomic E-state index is 0.0324. The summed E-state index contributed by atoms with van der Waals surface area (Å²) < 4.78 is 0. The first kappa shape index (κ1) is 8.98. The van der Waals surface area contributed by atoms with E-state index in [2.05, 4.69) is 12.6 Å². The van der Waals surface area contributed by atoms with Gasteiger partial charge in [0.2, 0.25) is 0 Å². The molecule has 0 fully saturated rings. The minimum Gasteiger partial charge on any atom is -0.327 e. The lowest BCUT2D eigenvalue weighted by Gasteiger charge is -2.11. The number of nitrogens with two attached hydrogens (primary N) is 1. The second kappa shape index (κ2) is 3.90. The normalized spacial score (nSPS) is 13.9. The second-order valence-corrected chi connectivity index (χ2v) is 3.00. The van der Waals surface area contributed by atoms with Gasteiger partial charge in [-0.25, -0.2) is 0 Å². The fraction of sp³-hybridized carbons (Fsp3) is 0.833. The molecule has 0 saturated carbocycles. The molecule has 0 aromatic heterocycles. The van der Waals surface area contributed by atoms with Crippen LogP contribution in [-0.2, 0) is 4.79 Å². The van der Waals surface area contributed by atoms with Crippen molar-refractivity contribution in [3.63, 3.8) is 0 Å². The summed E-state index contributed by atoms with van der Waals surface area (Å²) in [7, 11) is 0. The van der Waals surface area contributed by atoms with E-state index >= 15 is 0 Å². The Morgan fingerprint density at radius 1 is 1.67 bits per heavy atom. The maximum Gasteiger partial charge on any atom is 0.187 e. The molecule has 3 heteroatoms. The van der Waals surface area contributed by atoms with Crippen molar-refractivity contribution in [2.24, 2.45) is 11.7 Å². The van der Waals surface area contributed by atoms with Gasteiger partial charge in [-0.3, -0.25) is 4.79 Å². The summed E-state index contributed by atoms with van der Waals surface area (Å²) in [4.78, 5) is 10.3. The molecule has 0 spiro atoms. The lowest BCUT2D eigenvalue weighted by molar-refractivity contribution is -0.111. The van der Waals surface area contributed by atoms with Gasteiger partial charge in [0.15, 0.2) is 5.12 Å². The third kappa shape index (κ3) is 4.48. The van der Waals surface area contributed by atoms with E-state index in [1.54, 1.807) is 0 Å². The third-order valence-electron chi connectivity index (χ3n) is 1.27. The minimum atomic E-state index is -0.129. The van der Waals surface area contributed by atoms with Gasteiger partial charge in [0.1, 0.15) is 0 Å². The predicted molar refractivity (Wildman–Crippen MR) is 41.4 cm³/mol. The van der Waals surface area contributed by atoms with Crippen molar-refractivity contribution in [3.05, 3.63) is 0 Å². The number of hydrogen-bond donors (Lipinski definition) is 2. The lowest BCUT2D eigenvalue weighted by atomic mass is 10.0. The summed E-state index contributed by atoms with van der Waals surface area (Å²) in [6.07, 6.45) is 0.376. The molecule has 0 rings (SSSR count). The van der Waals surface area contributed by atoms with Crippen LogP contribution in [0.25, 0.3) is 0 Å². The highest BCUT2D eigenvalue weighted by Crippen LogP contribution is 2.03. The Balaban J connectivity index is 3.50. The van der Waals surface area contributed by atoms with Gasteiger partial charge in [-0.2, -0.15) is 0 Å². The summed E-state index contributed by atoms with van der Waals surface area (Å²) in [5.41, 5.74) is 5.55. The SMILES string of the molecule is CC(C)C(N)CC(=O)S. The monoisotopic (exact) mass is 147 g/mol. The van der Waals surface area contributed by atoms with Gasteiger partial charge in [0, 0.05) is 12.5 Å². The molecular weight excluding hydrogens is 134 g/mol. The summed E-state index contributed by atoms with van der Waals surface area (Å²) in [5.74, 6) is 0.362. The van der Waals surface area contributed by atoms with E-state index < -0.39 is 0 Å². The van der Waals surface area contributed by atoms with E-state index in [9.17, 15) is 4.79 Å². The van der Waals surface area contributed by atoms with Crippen LogP contribution in [0.5, 0.6) is 0 Å². The van der Waals surface area contributed by atoms with Crippen LogP contribution in [0.3, 0.4) is 0 Å². The van der Waals surface area contributed by atoms with E-state index in [0.29, 0.717) is 12.3 Å². The van der Waals surface area contributed by atoms with Crippen molar-refractivity contribution in [2.45, 2.75) is 26.3 Å². The van der Waals surface area contributed by atoms with Gasteiger partial charge < -0.3 is 5.73 Å². The Morgan fingerprint density at radius 3 is 2.22 bits per heavy atom. The Hall–Kier alpha value is -0.0200. The Bertz CT molecular complexity index is 103. The van der Waals surface area contributed by atoms with Gasteiger partial charge in [-0.1, -0.05) is 13.8 Å². The van der Waals surface area contributed by atoms with Crippen molar-refractivity contribution in [1.82, 2.24) is 0 Å². The molecule has 0 aromatic carbocycles. The zero-order valence-corrected chi connectivity index (χ0v) is 6.69. The predicted octanol–water partition coefficient (Wildman–Crippen LogP) is 0.816.